The number of imidazole rings is 1. The van der Waals surface area contributed by atoms with Crippen LogP contribution in [0.2, 0.25) is 0 Å². The average molecular weight is 412 g/mol. The molecule has 3 aromatic heterocycles. The SMILES string of the molecule is C#CCn1nnc2c(-c3nc(-c4ccc(S(C)(=O)=O)cc4)cs3)ncn2c1=O. The fourth-order valence-corrected chi connectivity index (χ4v) is 4.01. The van der Waals surface area contributed by atoms with Crippen molar-refractivity contribution in [3.05, 3.63) is 46.5 Å². The Morgan fingerprint density at radius 2 is 2.00 bits per heavy atom. The van der Waals surface area contributed by atoms with Gasteiger partial charge in [0.15, 0.2) is 15.5 Å². The number of nitrogens with zero attached hydrogens (tertiary/aromatic N) is 6. The van der Waals surface area contributed by atoms with Crippen molar-refractivity contribution in [1.29, 1.82) is 0 Å². The van der Waals surface area contributed by atoms with Crippen molar-refractivity contribution in [1.82, 2.24) is 29.4 Å². The molecule has 0 bridgehead atoms. The van der Waals surface area contributed by atoms with Gasteiger partial charge in [0, 0.05) is 17.2 Å². The molecule has 4 rings (SSSR count). The standard InChI is InChI=1S/C17H12N6O3S2/c1-3-8-23-17(24)22-10-18-14(15(22)20-21-23)16-19-13(9-27-16)11-4-6-12(7-5-11)28(2,25)26/h1,4-7,9-10H,8H2,2H3. The Hall–Kier alpha value is -3.36. The Labute approximate surface area is 163 Å². The second-order valence-corrected chi connectivity index (χ2v) is 8.73. The topological polar surface area (TPSA) is 112 Å². The molecule has 0 N–H and O–H groups in total. The van der Waals surface area contributed by atoms with Crippen molar-refractivity contribution in [2.24, 2.45) is 0 Å². The Bertz CT molecular complexity index is 1390. The second-order valence-electron chi connectivity index (χ2n) is 5.86. The number of hydrogen-bond donors (Lipinski definition) is 0. The van der Waals surface area contributed by atoms with E-state index in [0.717, 1.165) is 16.5 Å². The highest BCUT2D eigenvalue weighted by Gasteiger charge is 2.16. The third-order valence-corrected chi connectivity index (χ3v) is 5.92. The number of thiazole rings is 1. The monoisotopic (exact) mass is 412 g/mol. The summed E-state index contributed by atoms with van der Waals surface area (Å²) < 4.78 is 25.5. The molecule has 9 nitrogen and oxygen atoms in total. The first kappa shape index (κ1) is 18.0. The van der Waals surface area contributed by atoms with Gasteiger partial charge in [-0.2, -0.15) is 4.68 Å². The van der Waals surface area contributed by atoms with Crippen molar-refractivity contribution in [2.75, 3.05) is 6.26 Å². The van der Waals surface area contributed by atoms with Crippen molar-refractivity contribution in [2.45, 2.75) is 11.4 Å². The van der Waals surface area contributed by atoms with Gasteiger partial charge in [-0.15, -0.1) is 22.9 Å². The molecule has 1 aromatic carbocycles. The largest absolute Gasteiger partial charge is 0.353 e. The van der Waals surface area contributed by atoms with Gasteiger partial charge >= 0.3 is 5.69 Å². The van der Waals surface area contributed by atoms with Crippen molar-refractivity contribution in [3.63, 3.8) is 0 Å². The lowest BCUT2D eigenvalue weighted by Gasteiger charge is -2.00. The molecular weight excluding hydrogens is 400 g/mol. The number of aromatic nitrogens is 6. The van der Waals surface area contributed by atoms with Crippen LogP contribution in [0.5, 0.6) is 0 Å². The molecule has 0 unspecified atom stereocenters. The van der Waals surface area contributed by atoms with Crippen LogP contribution in [0, 0.1) is 12.3 Å². The molecule has 4 aromatic rings. The summed E-state index contributed by atoms with van der Waals surface area (Å²) in [7, 11) is -3.26. The minimum Gasteiger partial charge on any atom is -0.245 e. The lowest BCUT2D eigenvalue weighted by atomic mass is 10.2. The summed E-state index contributed by atoms with van der Waals surface area (Å²) in [6, 6.07) is 6.46. The molecule has 28 heavy (non-hydrogen) atoms. The van der Waals surface area contributed by atoms with Crippen molar-refractivity contribution >= 4 is 26.8 Å². The zero-order chi connectivity index (χ0) is 19.9. The van der Waals surface area contributed by atoms with E-state index in [2.05, 4.69) is 26.2 Å². The Balaban J connectivity index is 1.73. The van der Waals surface area contributed by atoms with E-state index < -0.39 is 15.5 Å². The molecule has 11 heteroatoms. The van der Waals surface area contributed by atoms with Crippen LogP contribution < -0.4 is 5.69 Å². The highest BCUT2D eigenvalue weighted by atomic mass is 32.2. The summed E-state index contributed by atoms with van der Waals surface area (Å²) in [5, 5.41) is 10.2. The maximum atomic E-state index is 12.3. The molecule has 0 radical (unpaired) electrons. The van der Waals surface area contributed by atoms with Gasteiger partial charge in [-0.3, -0.25) is 0 Å². The van der Waals surface area contributed by atoms with E-state index in [4.69, 9.17) is 6.42 Å². The Kier molecular flexibility index (Phi) is 4.29. The van der Waals surface area contributed by atoms with E-state index in [0.29, 0.717) is 16.4 Å². The summed E-state index contributed by atoms with van der Waals surface area (Å²) in [5.74, 6) is 2.34. The van der Waals surface area contributed by atoms with Crippen LogP contribution in [0.25, 0.3) is 27.6 Å². The number of terminal acetylenes is 1. The fourth-order valence-electron chi connectivity index (χ4n) is 2.56. The van der Waals surface area contributed by atoms with Crippen LogP contribution >= 0.6 is 11.3 Å². The van der Waals surface area contributed by atoms with Gasteiger partial charge in [0.25, 0.3) is 0 Å². The summed E-state index contributed by atoms with van der Waals surface area (Å²) in [5.41, 5.74) is 1.71. The maximum Gasteiger partial charge on any atom is 0.353 e. The van der Waals surface area contributed by atoms with Crippen LogP contribution in [0.1, 0.15) is 0 Å². The van der Waals surface area contributed by atoms with Gasteiger partial charge in [0.1, 0.15) is 23.6 Å². The lowest BCUT2D eigenvalue weighted by molar-refractivity contribution is 0.577. The van der Waals surface area contributed by atoms with E-state index >= 15 is 0 Å². The summed E-state index contributed by atoms with van der Waals surface area (Å²) in [6.45, 7) is 0.0140. The van der Waals surface area contributed by atoms with E-state index in [1.165, 1.54) is 34.2 Å². The molecule has 0 amide bonds. The smallest absolute Gasteiger partial charge is 0.245 e. The van der Waals surface area contributed by atoms with E-state index in [1.807, 2.05) is 5.38 Å². The predicted octanol–water partition coefficient (Wildman–Crippen LogP) is 1.11. The molecule has 0 saturated heterocycles. The van der Waals surface area contributed by atoms with Gasteiger partial charge in [-0.25, -0.2) is 27.6 Å². The molecule has 140 valence electrons. The third kappa shape index (κ3) is 3.08. The number of benzene rings is 1. The summed E-state index contributed by atoms with van der Waals surface area (Å²) >= 11 is 1.33. The van der Waals surface area contributed by atoms with Gasteiger partial charge in [0.2, 0.25) is 0 Å². The molecule has 0 aliphatic rings. The molecule has 0 atom stereocenters. The second kappa shape index (κ2) is 6.66. The normalized spacial score (nSPS) is 11.6. The first-order valence-electron chi connectivity index (χ1n) is 7.89. The zero-order valence-corrected chi connectivity index (χ0v) is 16.1. The number of hydrogen-bond acceptors (Lipinski definition) is 8. The van der Waals surface area contributed by atoms with Gasteiger partial charge < -0.3 is 0 Å². The summed E-state index contributed by atoms with van der Waals surface area (Å²) in [4.78, 5) is 21.3. The Morgan fingerprint density at radius 3 is 2.68 bits per heavy atom. The van der Waals surface area contributed by atoms with Gasteiger partial charge in [-0.1, -0.05) is 23.3 Å². The molecule has 0 aliphatic carbocycles. The van der Waals surface area contributed by atoms with E-state index in [-0.39, 0.29) is 17.1 Å². The molecule has 3 heterocycles. The fraction of sp³-hybridized carbons (Fsp3) is 0.118. The highest BCUT2D eigenvalue weighted by Crippen LogP contribution is 2.29. The zero-order valence-electron chi connectivity index (χ0n) is 14.5. The number of rotatable bonds is 4. The maximum absolute atomic E-state index is 12.3. The molecule has 0 aliphatic heterocycles. The van der Waals surface area contributed by atoms with Crippen LogP contribution in [0.15, 0.2) is 45.7 Å². The van der Waals surface area contributed by atoms with Crippen LogP contribution in [-0.2, 0) is 16.4 Å². The van der Waals surface area contributed by atoms with Crippen LogP contribution in [0.3, 0.4) is 0 Å². The third-order valence-electron chi connectivity index (χ3n) is 3.94. The first-order valence-corrected chi connectivity index (χ1v) is 10.7. The predicted molar refractivity (Wildman–Crippen MR) is 104 cm³/mol. The molecule has 0 saturated carbocycles. The van der Waals surface area contributed by atoms with Crippen LogP contribution in [-0.4, -0.2) is 44.0 Å². The van der Waals surface area contributed by atoms with Gasteiger partial charge in [-0.05, 0) is 12.1 Å². The van der Waals surface area contributed by atoms with Gasteiger partial charge in [0.05, 0.1) is 10.6 Å². The molecule has 0 spiro atoms. The lowest BCUT2D eigenvalue weighted by Crippen LogP contribution is -2.29. The quantitative estimate of drug-likeness (QED) is 0.462. The summed E-state index contributed by atoms with van der Waals surface area (Å²) in [6.07, 6.45) is 7.73. The van der Waals surface area contributed by atoms with Crippen molar-refractivity contribution < 1.29 is 8.42 Å². The first-order chi connectivity index (χ1) is 13.4. The number of sulfone groups is 1. The Morgan fingerprint density at radius 1 is 1.25 bits per heavy atom. The highest BCUT2D eigenvalue weighted by molar-refractivity contribution is 7.90. The minimum atomic E-state index is -3.26. The van der Waals surface area contributed by atoms with E-state index in [9.17, 15) is 13.2 Å². The van der Waals surface area contributed by atoms with Crippen LogP contribution in [0.4, 0.5) is 0 Å². The minimum absolute atomic E-state index is 0.0140. The molecule has 0 fully saturated rings. The molecular formula is C17H12N6O3S2. The van der Waals surface area contributed by atoms with E-state index in [1.54, 1.807) is 12.1 Å². The average Bonchev–Trinajstić information content (AvgIpc) is 3.30. The number of fused-ring (bicyclic) bond motifs is 1. The van der Waals surface area contributed by atoms with Crippen molar-refractivity contribution in [3.8, 4) is 34.3 Å².